The molecule has 1 unspecified atom stereocenters. The molecular weight excluding hydrogens is 246 g/mol. The number of aryl methyl sites for hydroxylation is 1. The predicted octanol–water partition coefficient (Wildman–Crippen LogP) is 3.63. The Morgan fingerprint density at radius 2 is 1.85 bits per heavy atom. The molecule has 0 saturated carbocycles. The summed E-state index contributed by atoms with van der Waals surface area (Å²) in [6.07, 6.45) is 2.20. The molecule has 0 aliphatic carbocycles. The molecule has 0 spiro atoms. The highest BCUT2D eigenvalue weighted by atomic mass is 16.5. The molecule has 0 heterocycles. The van der Waals surface area contributed by atoms with Crippen LogP contribution in [-0.2, 0) is 6.42 Å². The molecule has 1 N–H and O–H groups in total. The molecule has 2 aromatic rings. The minimum absolute atomic E-state index is 0.549. The van der Waals surface area contributed by atoms with Crippen LogP contribution in [0.1, 0.15) is 23.5 Å². The molecule has 2 rings (SSSR count). The number of hydrogen-bond acceptors (Lipinski definition) is 2. The van der Waals surface area contributed by atoms with E-state index in [0.717, 1.165) is 25.1 Å². The Morgan fingerprint density at radius 1 is 1.05 bits per heavy atom. The minimum Gasteiger partial charge on any atom is -0.497 e. The molecule has 2 nitrogen and oxygen atoms in total. The number of nitrogens with one attached hydrogen (secondary N) is 1. The summed E-state index contributed by atoms with van der Waals surface area (Å²) >= 11 is 0. The molecule has 1 atom stereocenters. The van der Waals surface area contributed by atoms with Gasteiger partial charge in [0.1, 0.15) is 5.75 Å². The summed E-state index contributed by atoms with van der Waals surface area (Å²) in [6, 6.07) is 19.1. The highest BCUT2D eigenvalue weighted by molar-refractivity contribution is 5.29. The van der Waals surface area contributed by atoms with E-state index in [9.17, 15) is 0 Å². The predicted molar refractivity (Wildman–Crippen MR) is 84.4 cm³/mol. The van der Waals surface area contributed by atoms with Crippen LogP contribution in [0.25, 0.3) is 0 Å². The first-order chi connectivity index (χ1) is 9.83. The van der Waals surface area contributed by atoms with Gasteiger partial charge in [-0.05, 0) is 49.1 Å². The number of methoxy groups -OCH3 is 1. The number of ether oxygens (including phenoxy) is 1. The van der Waals surface area contributed by atoms with Crippen LogP contribution in [0, 0.1) is 0 Å². The van der Waals surface area contributed by atoms with Crippen molar-refractivity contribution in [2.45, 2.75) is 18.8 Å². The first-order valence-corrected chi connectivity index (χ1v) is 7.16. The van der Waals surface area contributed by atoms with E-state index < -0.39 is 0 Å². The fraction of sp³-hybridized carbons (Fsp3) is 0.333. The van der Waals surface area contributed by atoms with E-state index in [4.69, 9.17) is 4.74 Å². The van der Waals surface area contributed by atoms with E-state index in [0.29, 0.717) is 5.92 Å². The standard InChI is InChI=1S/C18H23NO/c1-19-14-17(16-8-4-3-5-9-16)12-11-15-7-6-10-18(13-15)20-2/h3-10,13,17,19H,11-12,14H2,1-2H3. The summed E-state index contributed by atoms with van der Waals surface area (Å²) in [7, 11) is 3.73. The van der Waals surface area contributed by atoms with Gasteiger partial charge in [0.15, 0.2) is 0 Å². The van der Waals surface area contributed by atoms with Crippen molar-refractivity contribution in [1.29, 1.82) is 0 Å². The lowest BCUT2D eigenvalue weighted by Gasteiger charge is -2.17. The normalized spacial score (nSPS) is 12.1. The van der Waals surface area contributed by atoms with Crippen molar-refractivity contribution in [2.24, 2.45) is 0 Å². The second kappa shape index (κ2) is 7.71. The largest absolute Gasteiger partial charge is 0.497 e. The van der Waals surface area contributed by atoms with Gasteiger partial charge in [-0.1, -0.05) is 42.5 Å². The Bertz CT molecular complexity index is 510. The molecule has 0 amide bonds. The van der Waals surface area contributed by atoms with Crippen molar-refractivity contribution >= 4 is 0 Å². The van der Waals surface area contributed by atoms with Crippen molar-refractivity contribution in [2.75, 3.05) is 20.7 Å². The Balaban J connectivity index is 2.02. The first kappa shape index (κ1) is 14.6. The molecule has 20 heavy (non-hydrogen) atoms. The zero-order valence-corrected chi connectivity index (χ0v) is 12.3. The van der Waals surface area contributed by atoms with Crippen LogP contribution in [0.15, 0.2) is 54.6 Å². The molecule has 2 aromatic carbocycles. The summed E-state index contributed by atoms with van der Waals surface area (Å²) in [5.41, 5.74) is 2.74. The van der Waals surface area contributed by atoms with Crippen LogP contribution >= 0.6 is 0 Å². The van der Waals surface area contributed by atoms with Gasteiger partial charge < -0.3 is 10.1 Å². The number of hydrogen-bond donors (Lipinski definition) is 1. The second-order valence-corrected chi connectivity index (χ2v) is 5.06. The van der Waals surface area contributed by atoms with E-state index in [-0.39, 0.29) is 0 Å². The number of likely N-dealkylation sites (N-methyl/N-ethyl adjacent to an activating group) is 1. The van der Waals surface area contributed by atoms with Gasteiger partial charge in [0.25, 0.3) is 0 Å². The summed E-state index contributed by atoms with van der Waals surface area (Å²) in [4.78, 5) is 0. The van der Waals surface area contributed by atoms with Gasteiger partial charge in [-0.3, -0.25) is 0 Å². The van der Waals surface area contributed by atoms with Gasteiger partial charge in [-0.25, -0.2) is 0 Å². The van der Waals surface area contributed by atoms with Crippen molar-refractivity contribution in [3.8, 4) is 5.75 Å². The summed E-state index contributed by atoms with van der Waals surface area (Å²) in [5.74, 6) is 1.49. The third-order valence-corrected chi connectivity index (χ3v) is 3.64. The van der Waals surface area contributed by atoms with Crippen LogP contribution < -0.4 is 10.1 Å². The van der Waals surface area contributed by atoms with E-state index in [1.165, 1.54) is 11.1 Å². The summed E-state index contributed by atoms with van der Waals surface area (Å²) < 4.78 is 5.28. The zero-order chi connectivity index (χ0) is 14.2. The van der Waals surface area contributed by atoms with Crippen LogP contribution in [0.5, 0.6) is 5.75 Å². The zero-order valence-electron chi connectivity index (χ0n) is 12.3. The monoisotopic (exact) mass is 269 g/mol. The van der Waals surface area contributed by atoms with Crippen LogP contribution in [0.3, 0.4) is 0 Å². The molecule has 0 aliphatic rings. The third-order valence-electron chi connectivity index (χ3n) is 3.64. The maximum absolute atomic E-state index is 5.28. The van der Waals surface area contributed by atoms with Gasteiger partial charge in [-0.2, -0.15) is 0 Å². The van der Waals surface area contributed by atoms with Crippen molar-refractivity contribution in [1.82, 2.24) is 5.32 Å². The lowest BCUT2D eigenvalue weighted by atomic mass is 9.92. The molecule has 106 valence electrons. The summed E-state index contributed by atoms with van der Waals surface area (Å²) in [6.45, 7) is 1.01. The van der Waals surface area contributed by atoms with E-state index >= 15 is 0 Å². The molecule has 0 bridgehead atoms. The fourth-order valence-electron chi connectivity index (χ4n) is 2.53. The average Bonchev–Trinajstić information content (AvgIpc) is 2.52. The molecule has 0 saturated heterocycles. The average molecular weight is 269 g/mol. The van der Waals surface area contributed by atoms with Crippen LogP contribution in [0.2, 0.25) is 0 Å². The van der Waals surface area contributed by atoms with Crippen LogP contribution in [0.4, 0.5) is 0 Å². The van der Waals surface area contributed by atoms with Gasteiger partial charge in [0, 0.05) is 6.54 Å². The molecule has 0 aliphatic heterocycles. The quantitative estimate of drug-likeness (QED) is 0.828. The van der Waals surface area contributed by atoms with Gasteiger partial charge in [-0.15, -0.1) is 0 Å². The third kappa shape index (κ3) is 4.10. The van der Waals surface area contributed by atoms with Crippen LogP contribution in [-0.4, -0.2) is 20.7 Å². The Hall–Kier alpha value is -1.80. The summed E-state index contributed by atoms with van der Waals surface area (Å²) in [5, 5.41) is 3.30. The molecular formula is C18H23NO. The smallest absolute Gasteiger partial charge is 0.119 e. The van der Waals surface area contributed by atoms with E-state index in [2.05, 4.69) is 53.8 Å². The van der Waals surface area contributed by atoms with Crippen molar-refractivity contribution in [3.63, 3.8) is 0 Å². The highest BCUT2D eigenvalue weighted by Gasteiger charge is 2.10. The van der Waals surface area contributed by atoms with E-state index in [1.54, 1.807) is 7.11 Å². The minimum atomic E-state index is 0.549. The molecule has 2 heteroatoms. The lowest BCUT2D eigenvalue weighted by Crippen LogP contribution is -2.17. The first-order valence-electron chi connectivity index (χ1n) is 7.16. The highest BCUT2D eigenvalue weighted by Crippen LogP contribution is 2.22. The van der Waals surface area contributed by atoms with Gasteiger partial charge in [0.05, 0.1) is 7.11 Å². The lowest BCUT2D eigenvalue weighted by molar-refractivity contribution is 0.414. The maximum atomic E-state index is 5.28. The molecule has 0 aromatic heterocycles. The fourth-order valence-corrected chi connectivity index (χ4v) is 2.53. The van der Waals surface area contributed by atoms with Crippen molar-refractivity contribution in [3.05, 3.63) is 65.7 Å². The van der Waals surface area contributed by atoms with Crippen molar-refractivity contribution < 1.29 is 4.74 Å². The van der Waals surface area contributed by atoms with E-state index in [1.807, 2.05) is 13.1 Å². The Labute approximate surface area is 121 Å². The van der Waals surface area contributed by atoms with Gasteiger partial charge >= 0.3 is 0 Å². The Morgan fingerprint density at radius 3 is 2.55 bits per heavy atom. The number of benzene rings is 2. The van der Waals surface area contributed by atoms with Gasteiger partial charge in [0.2, 0.25) is 0 Å². The SMILES string of the molecule is CNCC(CCc1cccc(OC)c1)c1ccccc1. The molecule has 0 radical (unpaired) electrons. The second-order valence-electron chi connectivity index (χ2n) is 5.06. The molecule has 0 fully saturated rings. The maximum Gasteiger partial charge on any atom is 0.119 e. The Kier molecular flexibility index (Phi) is 5.63. The topological polar surface area (TPSA) is 21.3 Å². The number of rotatable bonds is 7.